The van der Waals surface area contributed by atoms with Crippen LogP contribution in [0.15, 0.2) is 0 Å². The molecule has 4 heteroatoms. The highest BCUT2D eigenvalue weighted by molar-refractivity contribution is 5.79. The minimum absolute atomic E-state index is 0.160. The molecule has 1 aliphatic carbocycles. The Balaban J connectivity index is 1.73. The molecular formula is C16H30N2O2. The normalized spacial score (nSPS) is 31.0. The van der Waals surface area contributed by atoms with Crippen molar-refractivity contribution in [2.75, 3.05) is 19.7 Å². The van der Waals surface area contributed by atoms with Gasteiger partial charge in [0.1, 0.15) is 0 Å². The van der Waals surface area contributed by atoms with Gasteiger partial charge in [0, 0.05) is 31.7 Å². The molecule has 4 nitrogen and oxygen atoms in total. The zero-order chi connectivity index (χ0) is 14.5. The predicted octanol–water partition coefficient (Wildman–Crippen LogP) is 2.17. The van der Waals surface area contributed by atoms with E-state index in [4.69, 9.17) is 10.5 Å². The summed E-state index contributed by atoms with van der Waals surface area (Å²) in [7, 11) is 0. The van der Waals surface area contributed by atoms with E-state index < -0.39 is 0 Å². The van der Waals surface area contributed by atoms with Crippen molar-refractivity contribution < 1.29 is 9.53 Å². The lowest BCUT2D eigenvalue weighted by Gasteiger charge is -2.29. The molecule has 116 valence electrons. The van der Waals surface area contributed by atoms with E-state index in [1.54, 1.807) is 0 Å². The Morgan fingerprint density at radius 3 is 2.85 bits per heavy atom. The largest absolute Gasteiger partial charge is 0.376 e. The van der Waals surface area contributed by atoms with Gasteiger partial charge in [0.25, 0.3) is 0 Å². The van der Waals surface area contributed by atoms with E-state index in [0.29, 0.717) is 11.8 Å². The molecule has 1 heterocycles. The summed E-state index contributed by atoms with van der Waals surface area (Å²) in [5.41, 5.74) is 5.99. The molecule has 1 saturated carbocycles. The van der Waals surface area contributed by atoms with Crippen molar-refractivity contribution in [3.63, 3.8) is 0 Å². The lowest BCUT2D eigenvalue weighted by atomic mass is 9.85. The Morgan fingerprint density at radius 1 is 1.35 bits per heavy atom. The van der Waals surface area contributed by atoms with Crippen molar-refractivity contribution in [2.45, 2.75) is 64.5 Å². The first-order chi connectivity index (χ1) is 9.56. The van der Waals surface area contributed by atoms with Crippen LogP contribution in [0.3, 0.4) is 0 Å². The van der Waals surface area contributed by atoms with Crippen LogP contribution in [0.25, 0.3) is 0 Å². The second-order valence-electron chi connectivity index (χ2n) is 6.87. The van der Waals surface area contributed by atoms with Crippen molar-refractivity contribution >= 4 is 5.91 Å². The predicted molar refractivity (Wildman–Crippen MR) is 80.3 cm³/mol. The molecule has 0 radical (unpaired) electrons. The first kappa shape index (κ1) is 15.8. The Bertz CT molecular complexity index is 320. The van der Waals surface area contributed by atoms with Gasteiger partial charge in [0.2, 0.25) is 5.91 Å². The third kappa shape index (κ3) is 4.45. The molecule has 0 aromatic carbocycles. The van der Waals surface area contributed by atoms with Gasteiger partial charge in [-0.05, 0) is 38.0 Å². The van der Waals surface area contributed by atoms with Crippen LogP contribution in [-0.2, 0) is 9.53 Å². The maximum atomic E-state index is 12.5. The average Bonchev–Trinajstić information content (AvgIpc) is 2.86. The number of carbonyl (C=O) groups excluding carboxylic acids is 1. The number of amides is 1. The van der Waals surface area contributed by atoms with Crippen LogP contribution in [0, 0.1) is 11.8 Å². The van der Waals surface area contributed by atoms with Crippen LogP contribution in [0.4, 0.5) is 0 Å². The molecule has 0 bridgehead atoms. The summed E-state index contributed by atoms with van der Waals surface area (Å²) in [4.78, 5) is 14.5. The van der Waals surface area contributed by atoms with E-state index in [1.807, 2.05) is 4.90 Å². The van der Waals surface area contributed by atoms with Gasteiger partial charge in [-0.25, -0.2) is 0 Å². The number of carbonyl (C=O) groups is 1. The van der Waals surface area contributed by atoms with Gasteiger partial charge in [0.15, 0.2) is 0 Å². The van der Waals surface area contributed by atoms with E-state index >= 15 is 0 Å². The number of likely N-dealkylation sites (tertiary alicyclic amines) is 1. The number of hydrogen-bond donors (Lipinski definition) is 1. The first-order valence-electron chi connectivity index (χ1n) is 8.22. The molecule has 3 atom stereocenters. The molecule has 1 aliphatic heterocycles. The molecule has 0 spiro atoms. The number of rotatable bonds is 5. The van der Waals surface area contributed by atoms with Crippen molar-refractivity contribution in [1.82, 2.24) is 4.90 Å². The Hall–Kier alpha value is -0.610. The summed E-state index contributed by atoms with van der Waals surface area (Å²) in [5.74, 6) is 1.15. The highest BCUT2D eigenvalue weighted by Gasteiger charge is 2.33. The van der Waals surface area contributed by atoms with Crippen LogP contribution in [0.2, 0.25) is 0 Å². The molecule has 2 N–H and O–H groups in total. The van der Waals surface area contributed by atoms with Crippen molar-refractivity contribution in [2.24, 2.45) is 17.6 Å². The Morgan fingerprint density at radius 2 is 2.15 bits per heavy atom. The standard InChI is InChI=1S/C16H30N2O2/c1-12(2)7-9-20-15-6-8-18(11-15)16(19)13-4-3-5-14(17)10-13/h12-15H,3-11,17H2,1-2H3. The van der Waals surface area contributed by atoms with E-state index in [9.17, 15) is 4.79 Å². The lowest BCUT2D eigenvalue weighted by Crippen LogP contribution is -2.40. The molecule has 20 heavy (non-hydrogen) atoms. The SMILES string of the molecule is CC(C)CCOC1CCN(C(=O)C2CCCC(N)C2)C1. The molecule has 2 rings (SSSR count). The van der Waals surface area contributed by atoms with E-state index in [0.717, 1.165) is 58.2 Å². The minimum atomic E-state index is 0.160. The molecular weight excluding hydrogens is 252 g/mol. The number of nitrogens with two attached hydrogens (primary N) is 1. The molecule has 0 aromatic rings. The molecule has 1 amide bonds. The zero-order valence-electron chi connectivity index (χ0n) is 13.0. The average molecular weight is 282 g/mol. The van der Waals surface area contributed by atoms with Crippen LogP contribution in [0.5, 0.6) is 0 Å². The van der Waals surface area contributed by atoms with Gasteiger partial charge < -0.3 is 15.4 Å². The molecule has 3 unspecified atom stereocenters. The van der Waals surface area contributed by atoms with Crippen molar-refractivity contribution in [3.05, 3.63) is 0 Å². The van der Waals surface area contributed by atoms with Crippen LogP contribution in [-0.4, -0.2) is 42.6 Å². The maximum Gasteiger partial charge on any atom is 0.225 e. The number of nitrogens with zero attached hydrogens (tertiary/aromatic N) is 1. The number of ether oxygens (including phenoxy) is 1. The molecule has 2 aliphatic rings. The second-order valence-corrected chi connectivity index (χ2v) is 6.87. The van der Waals surface area contributed by atoms with Crippen molar-refractivity contribution in [1.29, 1.82) is 0 Å². The lowest BCUT2D eigenvalue weighted by molar-refractivity contribution is -0.136. The minimum Gasteiger partial charge on any atom is -0.376 e. The molecule has 2 fully saturated rings. The van der Waals surface area contributed by atoms with Gasteiger partial charge in [-0.3, -0.25) is 4.79 Å². The summed E-state index contributed by atoms with van der Waals surface area (Å²) in [6.45, 7) is 6.87. The third-order valence-corrected chi connectivity index (χ3v) is 4.57. The van der Waals surface area contributed by atoms with Gasteiger partial charge in [0.05, 0.1) is 6.10 Å². The second kappa shape index (κ2) is 7.41. The fraction of sp³-hybridized carbons (Fsp3) is 0.938. The van der Waals surface area contributed by atoms with E-state index in [-0.39, 0.29) is 18.1 Å². The van der Waals surface area contributed by atoms with Crippen LogP contribution >= 0.6 is 0 Å². The smallest absolute Gasteiger partial charge is 0.225 e. The van der Waals surface area contributed by atoms with Gasteiger partial charge in [-0.1, -0.05) is 20.3 Å². The fourth-order valence-corrected chi connectivity index (χ4v) is 3.24. The van der Waals surface area contributed by atoms with Crippen LogP contribution in [0.1, 0.15) is 52.4 Å². The van der Waals surface area contributed by atoms with Crippen LogP contribution < -0.4 is 5.73 Å². The highest BCUT2D eigenvalue weighted by Crippen LogP contribution is 2.26. The first-order valence-corrected chi connectivity index (χ1v) is 8.22. The summed E-state index contributed by atoms with van der Waals surface area (Å²) in [5, 5.41) is 0. The summed E-state index contributed by atoms with van der Waals surface area (Å²) in [6, 6.07) is 0.221. The molecule has 0 aromatic heterocycles. The number of hydrogen-bond acceptors (Lipinski definition) is 3. The zero-order valence-corrected chi connectivity index (χ0v) is 13.0. The maximum absolute atomic E-state index is 12.5. The van der Waals surface area contributed by atoms with Gasteiger partial charge >= 0.3 is 0 Å². The van der Waals surface area contributed by atoms with Crippen molar-refractivity contribution in [3.8, 4) is 0 Å². The Kier molecular flexibility index (Phi) is 5.85. The van der Waals surface area contributed by atoms with Gasteiger partial charge in [-0.15, -0.1) is 0 Å². The monoisotopic (exact) mass is 282 g/mol. The summed E-state index contributed by atoms with van der Waals surface area (Å²) in [6.07, 6.45) is 6.39. The fourth-order valence-electron chi connectivity index (χ4n) is 3.24. The quantitative estimate of drug-likeness (QED) is 0.841. The van der Waals surface area contributed by atoms with Gasteiger partial charge in [-0.2, -0.15) is 0 Å². The Labute approximate surface area is 123 Å². The topological polar surface area (TPSA) is 55.6 Å². The highest BCUT2D eigenvalue weighted by atomic mass is 16.5. The summed E-state index contributed by atoms with van der Waals surface area (Å²) >= 11 is 0. The summed E-state index contributed by atoms with van der Waals surface area (Å²) < 4.78 is 5.88. The third-order valence-electron chi connectivity index (χ3n) is 4.57. The van der Waals surface area contributed by atoms with E-state index in [2.05, 4.69) is 13.8 Å². The molecule has 1 saturated heterocycles. The van der Waals surface area contributed by atoms with E-state index in [1.165, 1.54) is 0 Å².